The summed E-state index contributed by atoms with van der Waals surface area (Å²) in [6.45, 7) is 3.27. The van der Waals surface area contributed by atoms with E-state index in [4.69, 9.17) is 9.47 Å². The average Bonchev–Trinajstić information content (AvgIpc) is 2.99. The lowest BCUT2D eigenvalue weighted by Crippen LogP contribution is -2.38. The molecule has 22 heavy (non-hydrogen) atoms. The molecule has 1 aromatic rings. The summed E-state index contributed by atoms with van der Waals surface area (Å²) < 4.78 is 11.1. The maximum atomic E-state index is 12.3. The molecule has 6 heteroatoms. The quantitative estimate of drug-likeness (QED) is 0.371. The molecule has 0 unspecified atom stereocenters. The lowest BCUT2D eigenvalue weighted by molar-refractivity contribution is -0.384. The monoisotopic (exact) mass is 303 g/mol. The van der Waals surface area contributed by atoms with Crippen molar-refractivity contribution in [2.75, 3.05) is 13.2 Å². The number of ether oxygens (including phenoxy) is 2. The molecule has 1 aliphatic heterocycles. The molecule has 4 atom stereocenters. The first-order valence-corrected chi connectivity index (χ1v) is 7.28. The molecule has 1 aromatic carbocycles. The van der Waals surface area contributed by atoms with Crippen LogP contribution in [0.4, 0.5) is 5.69 Å². The maximum Gasteiger partial charge on any atom is 0.338 e. The van der Waals surface area contributed by atoms with Crippen LogP contribution in [0.25, 0.3) is 0 Å². The summed E-state index contributed by atoms with van der Waals surface area (Å²) >= 11 is 0. The van der Waals surface area contributed by atoms with Crippen molar-refractivity contribution in [1.29, 1.82) is 0 Å². The number of benzene rings is 1. The second kappa shape index (κ2) is 5.88. The van der Waals surface area contributed by atoms with Gasteiger partial charge in [0.2, 0.25) is 0 Å². The Kier molecular flexibility index (Phi) is 3.94. The van der Waals surface area contributed by atoms with Crippen LogP contribution in [-0.4, -0.2) is 30.2 Å². The minimum atomic E-state index is -0.496. The average molecular weight is 303 g/mol. The zero-order valence-electron chi connectivity index (χ0n) is 12.2. The topological polar surface area (TPSA) is 78.7 Å². The highest BCUT2D eigenvalue weighted by Gasteiger charge is 2.40. The largest absolute Gasteiger partial charge is 0.458 e. The van der Waals surface area contributed by atoms with Gasteiger partial charge in [0, 0.05) is 29.9 Å². The number of non-ortho nitro benzene ring substituents is 1. The Morgan fingerprint density at radius 3 is 2.68 bits per heavy atom. The molecule has 0 amide bonds. The van der Waals surface area contributed by atoms with E-state index in [1.807, 2.05) is 6.92 Å². The number of fused-ring (bicyclic) bond motifs is 1. The van der Waals surface area contributed by atoms with Crippen molar-refractivity contribution < 1.29 is 19.2 Å². The minimum Gasteiger partial charge on any atom is -0.458 e. The fourth-order valence-corrected chi connectivity index (χ4v) is 3.05. The van der Waals surface area contributed by atoms with Gasteiger partial charge in [-0.15, -0.1) is 0 Å². The summed E-state index contributed by atoms with van der Waals surface area (Å²) in [5, 5.41) is 10.6. The third-order valence-electron chi connectivity index (χ3n) is 4.33. The van der Waals surface area contributed by atoms with Crippen LogP contribution < -0.4 is 0 Å². The lowest BCUT2D eigenvalue weighted by atomic mass is 9.79. The van der Waals surface area contributed by atoms with Gasteiger partial charge in [-0.05, 0) is 12.1 Å². The molecule has 116 valence electrons. The highest BCUT2D eigenvalue weighted by molar-refractivity contribution is 5.89. The van der Waals surface area contributed by atoms with E-state index in [-0.39, 0.29) is 23.6 Å². The van der Waals surface area contributed by atoms with E-state index in [2.05, 4.69) is 12.2 Å². The van der Waals surface area contributed by atoms with Gasteiger partial charge >= 0.3 is 5.97 Å². The van der Waals surface area contributed by atoms with Gasteiger partial charge < -0.3 is 9.47 Å². The number of carbonyl (C=O) groups excluding carboxylic acids is 1. The van der Waals surface area contributed by atoms with Crippen molar-refractivity contribution >= 4 is 11.7 Å². The molecule has 1 fully saturated rings. The molecular weight excluding hydrogens is 286 g/mol. The fourth-order valence-electron chi connectivity index (χ4n) is 3.05. The molecule has 0 saturated carbocycles. The van der Waals surface area contributed by atoms with Gasteiger partial charge in [-0.2, -0.15) is 0 Å². The molecule has 0 spiro atoms. The molecule has 0 radical (unpaired) electrons. The van der Waals surface area contributed by atoms with Crippen molar-refractivity contribution in [3.05, 3.63) is 52.1 Å². The molecule has 6 nitrogen and oxygen atoms in total. The van der Waals surface area contributed by atoms with Crippen molar-refractivity contribution in [3.63, 3.8) is 0 Å². The number of esters is 1. The van der Waals surface area contributed by atoms with Crippen LogP contribution in [0.15, 0.2) is 36.4 Å². The normalized spacial score (nSPS) is 29.9. The Morgan fingerprint density at radius 2 is 2.00 bits per heavy atom. The predicted molar refractivity (Wildman–Crippen MR) is 78.4 cm³/mol. The van der Waals surface area contributed by atoms with Crippen molar-refractivity contribution in [1.82, 2.24) is 0 Å². The molecule has 3 rings (SSSR count). The third-order valence-corrected chi connectivity index (χ3v) is 4.33. The summed E-state index contributed by atoms with van der Waals surface area (Å²) in [6, 6.07) is 5.46. The summed E-state index contributed by atoms with van der Waals surface area (Å²) in [4.78, 5) is 22.4. The van der Waals surface area contributed by atoms with Crippen LogP contribution in [0.1, 0.15) is 17.3 Å². The van der Waals surface area contributed by atoms with Crippen molar-refractivity contribution in [2.24, 2.45) is 17.8 Å². The Bertz CT molecular complexity index is 609. The van der Waals surface area contributed by atoms with E-state index in [1.165, 1.54) is 24.3 Å². The van der Waals surface area contributed by atoms with Crippen LogP contribution >= 0.6 is 0 Å². The Morgan fingerprint density at radius 1 is 1.27 bits per heavy atom. The van der Waals surface area contributed by atoms with Crippen molar-refractivity contribution in [3.8, 4) is 0 Å². The van der Waals surface area contributed by atoms with Gasteiger partial charge in [0.25, 0.3) is 5.69 Å². The Balaban J connectivity index is 1.73. The predicted octanol–water partition coefficient (Wildman–Crippen LogP) is 2.59. The standard InChI is InChI=1S/C16H17NO5/c1-10-2-3-12-8-21-9-14(12)15(10)22-16(18)11-4-6-13(7-5-11)17(19)20/h2-7,10,12,14-15H,8-9H2,1H3/t10-,12-,14-,15-/m1/s1. The van der Waals surface area contributed by atoms with E-state index in [1.54, 1.807) is 0 Å². The highest BCUT2D eigenvalue weighted by atomic mass is 16.6. The minimum absolute atomic E-state index is 0.0465. The van der Waals surface area contributed by atoms with Gasteiger partial charge in [0.1, 0.15) is 6.10 Å². The molecular formula is C16H17NO5. The van der Waals surface area contributed by atoms with Gasteiger partial charge in [-0.25, -0.2) is 4.79 Å². The first-order chi connectivity index (χ1) is 10.6. The van der Waals surface area contributed by atoms with E-state index in [0.29, 0.717) is 24.7 Å². The van der Waals surface area contributed by atoms with Crippen LogP contribution in [0.3, 0.4) is 0 Å². The smallest absolute Gasteiger partial charge is 0.338 e. The summed E-state index contributed by atoms with van der Waals surface area (Å²) in [5.74, 6) is 0.158. The molecule has 1 saturated heterocycles. The van der Waals surface area contributed by atoms with Crippen LogP contribution in [-0.2, 0) is 9.47 Å². The van der Waals surface area contributed by atoms with Gasteiger partial charge in [0.15, 0.2) is 0 Å². The summed E-state index contributed by atoms with van der Waals surface area (Å²) in [7, 11) is 0. The Hall–Kier alpha value is -2.21. The van der Waals surface area contributed by atoms with Crippen LogP contribution in [0.2, 0.25) is 0 Å². The molecule has 0 aromatic heterocycles. The Labute approximate surface area is 127 Å². The number of rotatable bonds is 3. The van der Waals surface area contributed by atoms with E-state index in [9.17, 15) is 14.9 Å². The van der Waals surface area contributed by atoms with Gasteiger partial charge in [-0.3, -0.25) is 10.1 Å². The van der Waals surface area contributed by atoms with Crippen LogP contribution in [0.5, 0.6) is 0 Å². The fraction of sp³-hybridized carbons (Fsp3) is 0.438. The third kappa shape index (κ3) is 2.74. The number of nitro benzene ring substituents is 1. The summed E-state index contributed by atoms with van der Waals surface area (Å²) in [5.41, 5.74) is 0.276. The van der Waals surface area contributed by atoms with Crippen LogP contribution in [0, 0.1) is 27.9 Å². The lowest BCUT2D eigenvalue weighted by Gasteiger charge is -2.32. The molecule has 0 bridgehead atoms. The first-order valence-electron chi connectivity index (χ1n) is 7.28. The number of nitro groups is 1. The number of hydrogen-bond donors (Lipinski definition) is 0. The zero-order valence-corrected chi connectivity index (χ0v) is 12.2. The number of carbonyl (C=O) groups is 1. The maximum absolute atomic E-state index is 12.3. The van der Waals surface area contributed by atoms with Crippen molar-refractivity contribution in [2.45, 2.75) is 13.0 Å². The first kappa shape index (κ1) is 14.7. The molecule has 1 aliphatic carbocycles. The molecule has 2 aliphatic rings. The number of nitrogens with zero attached hydrogens (tertiary/aromatic N) is 1. The highest BCUT2D eigenvalue weighted by Crippen LogP contribution is 2.35. The van der Waals surface area contributed by atoms with E-state index in [0.717, 1.165) is 0 Å². The molecule has 1 heterocycles. The molecule has 0 N–H and O–H groups in total. The van der Waals surface area contributed by atoms with Gasteiger partial charge in [0.05, 0.1) is 23.7 Å². The zero-order chi connectivity index (χ0) is 15.7. The van der Waals surface area contributed by atoms with E-state index >= 15 is 0 Å². The second-order valence-corrected chi connectivity index (χ2v) is 5.78. The van der Waals surface area contributed by atoms with E-state index < -0.39 is 10.9 Å². The SMILES string of the molecule is C[C@@H]1C=C[C@@H]2COC[C@H]2[C@@H]1OC(=O)c1ccc([N+](=O)[O-])cc1. The summed E-state index contributed by atoms with van der Waals surface area (Å²) in [6.07, 6.45) is 3.97. The second-order valence-electron chi connectivity index (χ2n) is 5.78. The van der Waals surface area contributed by atoms with Gasteiger partial charge in [-0.1, -0.05) is 19.1 Å². The number of hydrogen-bond acceptors (Lipinski definition) is 5.